The third kappa shape index (κ3) is 6.12. The molecule has 4 rings (SSSR count). The molecule has 2 aromatic carbocycles. The highest BCUT2D eigenvalue weighted by Crippen LogP contribution is 2.33. The second-order valence-electron chi connectivity index (χ2n) is 8.52. The van der Waals surface area contributed by atoms with Crippen LogP contribution < -0.4 is 4.74 Å². The molecule has 3 aromatic rings. The van der Waals surface area contributed by atoms with E-state index in [1.54, 1.807) is 6.07 Å². The van der Waals surface area contributed by atoms with Crippen molar-refractivity contribution in [1.29, 1.82) is 5.26 Å². The maximum Gasteiger partial charge on any atom is 0.148 e. The SMILES string of the molecule is CC(C)Oc1ccc(-c2nnc(-c3ccc4c(c3)CCN(C[C@@H](O)CO)CC4)s2)cc1C#N.Cl. The van der Waals surface area contributed by atoms with E-state index in [2.05, 4.69) is 39.4 Å². The molecule has 0 unspecified atom stereocenters. The van der Waals surface area contributed by atoms with Crippen LogP contribution in [0.1, 0.15) is 30.5 Å². The molecular weight excluding hydrogens is 472 g/mol. The summed E-state index contributed by atoms with van der Waals surface area (Å²) in [6, 6.07) is 14.2. The van der Waals surface area contributed by atoms with Gasteiger partial charge in [-0.2, -0.15) is 5.26 Å². The minimum atomic E-state index is -0.700. The van der Waals surface area contributed by atoms with Gasteiger partial charge in [-0.05, 0) is 62.1 Å². The van der Waals surface area contributed by atoms with Crippen LogP contribution in [-0.2, 0) is 12.8 Å². The molecule has 0 bridgehead atoms. The van der Waals surface area contributed by atoms with Gasteiger partial charge in [0.25, 0.3) is 0 Å². The molecule has 1 aliphatic rings. The van der Waals surface area contributed by atoms with Gasteiger partial charge >= 0.3 is 0 Å². The van der Waals surface area contributed by atoms with Gasteiger partial charge in [-0.15, -0.1) is 22.6 Å². The number of nitriles is 1. The third-order valence-corrected chi connectivity index (χ3v) is 6.68. The number of aliphatic hydroxyl groups is 2. The summed E-state index contributed by atoms with van der Waals surface area (Å²) >= 11 is 1.50. The molecule has 180 valence electrons. The van der Waals surface area contributed by atoms with E-state index in [4.69, 9.17) is 9.84 Å². The maximum absolute atomic E-state index is 9.76. The molecule has 2 N–H and O–H groups in total. The Morgan fingerprint density at radius 2 is 1.71 bits per heavy atom. The fraction of sp³-hybridized carbons (Fsp3) is 0.400. The Morgan fingerprint density at radius 1 is 1.06 bits per heavy atom. The highest BCUT2D eigenvalue weighted by Gasteiger charge is 2.18. The van der Waals surface area contributed by atoms with Gasteiger partial charge in [0, 0.05) is 30.8 Å². The summed E-state index contributed by atoms with van der Waals surface area (Å²) < 4.78 is 5.71. The molecule has 0 aliphatic carbocycles. The van der Waals surface area contributed by atoms with Crippen LogP contribution in [0, 0.1) is 11.3 Å². The van der Waals surface area contributed by atoms with Crippen LogP contribution in [0.2, 0.25) is 0 Å². The van der Waals surface area contributed by atoms with Crippen LogP contribution in [0.5, 0.6) is 5.75 Å². The van der Waals surface area contributed by atoms with Crippen molar-refractivity contribution in [2.75, 3.05) is 26.2 Å². The predicted molar refractivity (Wildman–Crippen MR) is 135 cm³/mol. The number of nitrogens with zero attached hydrogens (tertiary/aromatic N) is 4. The molecule has 9 heteroatoms. The van der Waals surface area contributed by atoms with E-state index in [0.717, 1.165) is 47.1 Å². The first-order valence-corrected chi connectivity index (χ1v) is 12.0. The average molecular weight is 501 g/mol. The number of β-amino-alcohol motifs (C(OH)–C–C–N with tert-alkyl or cyclic N) is 1. The Hall–Kier alpha value is -2.54. The van der Waals surface area contributed by atoms with Crippen molar-refractivity contribution in [3.63, 3.8) is 0 Å². The normalized spacial score (nSPS) is 14.6. The molecule has 1 aromatic heterocycles. The lowest BCUT2D eigenvalue weighted by Crippen LogP contribution is -2.35. The summed E-state index contributed by atoms with van der Waals surface area (Å²) in [4.78, 5) is 2.20. The molecular formula is C25H29ClN4O3S. The standard InChI is InChI=1S/C25H28N4O3S.ClH/c1-16(2)32-23-6-5-20(12-21(23)13-26)25-28-27-24(33-25)19-4-3-17-7-9-29(14-22(31)15-30)10-8-18(17)11-19;/h3-6,11-12,16,22,30-31H,7-10,14-15H2,1-2H3;1H/t22-;/m1./s1. The van der Waals surface area contributed by atoms with E-state index in [0.29, 0.717) is 17.9 Å². The lowest BCUT2D eigenvalue weighted by atomic mass is 10.0. The topological polar surface area (TPSA) is 102 Å². The van der Waals surface area contributed by atoms with Crippen molar-refractivity contribution in [1.82, 2.24) is 15.1 Å². The Morgan fingerprint density at radius 3 is 2.35 bits per heavy atom. The molecule has 0 saturated carbocycles. The summed E-state index contributed by atoms with van der Waals surface area (Å²) in [5.74, 6) is 0.576. The number of hydrogen-bond acceptors (Lipinski definition) is 8. The quantitative estimate of drug-likeness (QED) is 0.509. The number of ether oxygens (including phenoxy) is 1. The molecule has 34 heavy (non-hydrogen) atoms. The molecule has 0 amide bonds. The number of fused-ring (bicyclic) bond motifs is 1. The van der Waals surface area contributed by atoms with Crippen molar-refractivity contribution in [3.05, 3.63) is 53.1 Å². The van der Waals surface area contributed by atoms with E-state index in [-0.39, 0.29) is 25.1 Å². The number of aliphatic hydroxyl groups excluding tert-OH is 2. The summed E-state index contributed by atoms with van der Waals surface area (Å²) in [6.45, 7) is 5.85. The van der Waals surface area contributed by atoms with Gasteiger partial charge in [-0.1, -0.05) is 23.5 Å². The lowest BCUT2D eigenvalue weighted by molar-refractivity contribution is 0.0605. The van der Waals surface area contributed by atoms with Crippen molar-refractivity contribution in [2.24, 2.45) is 0 Å². The first kappa shape index (κ1) is 26.1. The monoisotopic (exact) mass is 500 g/mol. The highest BCUT2D eigenvalue weighted by atomic mass is 35.5. The van der Waals surface area contributed by atoms with Crippen LogP contribution in [0.4, 0.5) is 0 Å². The molecule has 0 spiro atoms. The molecule has 2 heterocycles. The molecule has 0 radical (unpaired) electrons. The molecule has 0 saturated heterocycles. The summed E-state index contributed by atoms with van der Waals surface area (Å²) in [5, 5.41) is 38.8. The third-order valence-electron chi connectivity index (χ3n) is 5.66. The number of hydrogen-bond donors (Lipinski definition) is 2. The minimum Gasteiger partial charge on any atom is -0.490 e. The van der Waals surface area contributed by atoms with E-state index in [1.807, 2.05) is 26.0 Å². The molecule has 1 atom stereocenters. The molecule has 1 aliphatic heterocycles. The first-order chi connectivity index (χ1) is 16.0. The number of benzene rings is 2. The highest BCUT2D eigenvalue weighted by molar-refractivity contribution is 7.17. The van der Waals surface area contributed by atoms with Crippen LogP contribution in [0.15, 0.2) is 36.4 Å². The van der Waals surface area contributed by atoms with E-state index < -0.39 is 6.10 Å². The van der Waals surface area contributed by atoms with E-state index in [9.17, 15) is 10.4 Å². The average Bonchev–Trinajstić information content (AvgIpc) is 3.22. The minimum absolute atomic E-state index is 0. The van der Waals surface area contributed by atoms with Gasteiger partial charge in [0.05, 0.1) is 24.4 Å². The van der Waals surface area contributed by atoms with Crippen molar-refractivity contribution in [3.8, 4) is 33.0 Å². The van der Waals surface area contributed by atoms with Gasteiger partial charge in [0.15, 0.2) is 0 Å². The zero-order valence-corrected chi connectivity index (χ0v) is 20.9. The Balaban J connectivity index is 0.00000324. The second-order valence-corrected chi connectivity index (χ2v) is 9.50. The number of rotatable bonds is 7. The van der Waals surface area contributed by atoms with Crippen LogP contribution in [0.25, 0.3) is 21.1 Å². The van der Waals surface area contributed by atoms with Gasteiger partial charge < -0.3 is 19.8 Å². The lowest BCUT2D eigenvalue weighted by Gasteiger charge is -2.21. The van der Waals surface area contributed by atoms with Gasteiger partial charge in [-0.3, -0.25) is 0 Å². The number of aromatic nitrogens is 2. The first-order valence-electron chi connectivity index (χ1n) is 11.1. The Labute approximate surface area is 210 Å². The van der Waals surface area contributed by atoms with Crippen molar-refractivity contribution < 1.29 is 14.9 Å². The summed E-state index contributed by atoms with van der Waals surface area (Å²) in [7, 11) is 0. The summed E-state index contributed by atoms with van der Waals surface area (Å²) in [5.41, 5.74) is 4.95. The zero-order valence-electron chi connectivity index (χ0n) is 19.3. The summed E-state index contributed by atoms with van der Waals surface area (Å²) in [6.07, 6.45) is 1.09. The fourth-order valence-electron chi connectivity index (χ4n) is 4.01. The van der Waals surface area contributed by atoms with Crippen LogP contribution >= 0.6 is 23.7 Å². The molecule has 7 nitrogen and oxygen atoms in total. The predicted octanol–water partition coefficient (Wildman–Crippen LogP) is 3.71. The van der Waals surface area contributed by atoms with Gasteiger partial charge in [0.1, 0.15) is 21.8 Å². The Bertz CT molecular complexity index is 1160. The second kappa shape index (κ2) is 11.7. The number of halogens is 1. The van der Waals surface area contributed by atoms with Crippen LogP contribution in [-0.4, -0.2) is 63.8 Å². The van der Waals surface area contributed by atoms with E-state index in [1.165, 1.54) is 22.5 Å². The Kier molecular flexibility index (Phi) is 9.00. The van der Waals surface area contributed by atoms with E-state index >= 15 is 0 Å². The maximum atomic E-state index is 9.76. The zero-order chi connectivity index (χ0) is 23.4. The van der Waals surface area contributed by atoms with Gasteiger partial charge in [0.2, 0.25) is 0 Å². The smallest absolute Gasteiger partial charge is 0.148 e. The van der Waals surface area contributed by atoms with Crippen molar-refractivity contribution >= 4 is 23.7 Å². The van der Waals surface area contributed by atoms with Crippen LogP contribution in [0.3, 0.4) is 0 Å². The fourth-order valence-corrected chi connectivity index (χ4v) is 4.84. The largest absolute Gasteiger partial charge is 0.490 e. The van der Waals surface area contributed by atoms with Gasteiger partial charge in [-0.25, -0.2) is 0 Å². The van der Waals surface area contributed by atoms with Crippen molar-refractivity contribution in [2.45, 2.75) is 38.9 Å². The molecule has 0 fully saturated rings.